The zero-order valence-electron chi connectivity index (χ0n) is 17.7. The van der Waals surface area contributed by atoms with Crippen molar-refractivity contribution in [1.29, 1.82) is 0 Å². The van der Waals surface area contributed by atoms with Crippen molar-refractivity contribution in [2.24, 2.45) is 0 Å². The third kappa shape index (κ3) is 6.44. The van der Waals surface area contributed by atoms with E-state index in [1.165, 1.54) is 18.5 Å². The average Bonchev–Trinajstić information content (AvgIpc) is 2.74. The first kappa shape index (κ1) is 23.1. The van der Waals surface area contributed by atoms with Gasteiger partial charge in [-0.3, -0.25) is 4.79 Å². The lowest BCUT2D eigenvalue weighted by molar-refractivity contribution is -0.143. The van der Waals surface area contributed by atoms with Gasteiger partial charge < -0.3 is 15.0 Å². The monoisotopic (exact) mass is 450 g/mol. The van der Waals surface area contributed by atoms with Gasteiger partial charge in [0.25, 0.3) is 0 Å². The Labute approximate surface area is 181 Å². The van der Waals surface area contributed by atoms with Gasteiger partial charge in [0.05, 0.1) is 23.6 Å². The lowest BCUT2D eigenvalue weighted by atomic mass is 9.93. The molecule has 0 aliphatic carbocycles. The standard InChI is InChI=1S/C21H27FN4O4S/c1-3-30-21(27)8-11-26-9-6-15(7-10-26)19-13-20(24-14-23-19)25-18-5-4-16(12-17(18)22)31(2,28)29/h4-5,12-15H,3,6-11H2,1-2H3,(H,23,24,25). The summed E-state index contributed by atoms with van der Waals surface area (Å²) in [5.41, 5.74) is 1.02. The van der Waals surface area contributed by atoms with Gasteiger partial charge in [0, 0.05) is 30.5 Å². The first-order valence-electron chi connectivity index (χ1n) is 10.2. The van der Waals surface area contributed by atoms with Crippen LogP contribution in [-0.4, -0.2) is 61.8 Å². The van der Waals surface area contributed by atoms with Crippen molar-refractivity contribution in [1.82, 2.24) is 14.9 Å². The van der Waals surface area contributed by atoms with Gasteiger partial charge in [-0.05, 0) is 51.1 Å². The Kier molecular flexibility index (Phi) is 7.55. The molecular formula is C21H27FN4O4S. The number of likely N-dealkylation sites (tertiary alicyclic amines) is 1. The summed E-state index contributed by atoms with van der Waals surface area (Å²) in [6.07, 6.45) is 4.67. The zero-order valence-corrected chi connectivity index (χ0v) is 18.5. The van der Waals surface area contributed by atoms with E-state index in [0.29, 0.717) is 25.4 Å². The number of hydrogen-bond acceptors (Lipinski definition) is 8. The summed E-state index contributed by atoms with van der Waals surface area (Å²) in [4.78, 5) is 22.2. The largest absolute Gasteiger partial charge is 0.466 e. The maximum absolute atomic E-state index is 14.3. The third-order valence-corrected chi connectivity index (χ3v) is 6.37. The number of sulfone groups is 1. The minimum Gasteiger partial charge on any atom is -0.466 e. The Morgan fingerprint density at radius 1 is 1.26 bits per heavy atom. The second-order valence-electron chi connectivity index (χ2n) is 7.54. The van der Waals surface area contributed by atoms with Crippen molar-refractivity contribution in [2.75, 3.05) is 37.8 Å². The molecule has 168 valence electrons. The highest BCUT2D eigenvalue weighted by Crippen LogP contribution is 2.29. The van der Waals surface area contributed by atoms with E-state index < -0.39 is 15.7 Å². The quantitative estimate of drug-likeness (QED) is 0.613. The van der Waals surface area contributed by atoms with Crippen LogP contribution >= 0.6 is 0 Å². The van der Waals surface area contributed by atoms with Gasteiger partial charge in [-0.25, -0.2) is 22.8 Å². The molecule has 2 heterocycles. The number of nitrogens with zero attached hydrogens (tertiary/aromatic N) is 3. The molecule has 1 fully saturated rings. The van der Waals surface area contributed by atoms with Crippen molar-refractivity contribution < 1.29 is 22.3 Å². The molecule has 1 aromatic carbocycles. The summed E-state index contributed by atoms with van der Waals surface area (Å²) in [6, 6.07) is 5.53. The number of halogens is 1. The molecule has 8 nitrogen and oxygen atoms in total. The number of piperidine rings is 1. The van der Waals surface area contributed by atoms with Crippen molar-refractivity contribution in [3.8, 4) is 0 Å². The molecule has 1 aliphatic heterocycles. The molecule has 0 atom stereocenters. The van der Waals surface area contributed by atoms with Gasteiger partial charge in [0.2, 0.25) is 0 Å². The number of esters is 1. The molecule has 1 aromatic heterocycles. The number of carbonyl (C=O) groups is 1. The predicted octanol–water partition coefficient (Wildman–Crippen LogP) is 2.90. The summed E-state index contributed by atoms with van der Waals surface area (Å²) >= 11 is 0. The molecule has 31 heavy (non-hydrogen) atoms. The Morgan fingerprint density at radius 3 is 2.65 bits per heavy atom. The van der Waals surface area contributed by atoms with Crippen molar-refractivity contribution in [3.63, 3.8) is 0 Å². The van der Waals surface area contributed by atoms with Crippen LogP contribution in [0.15, 0.2) is 35.5 Å². The maximum atomic E-state index is 14.3. The van der Waals surface area contributed by atoms with Crippen molar-refractivity contribution in [3.05, 3.63) is 42.1 Å². The number of hydrogen-bond donors (Lipinski definition) is 1. The summed E-state index contributed by atoms with van der Waals surface area (Å²) in [6.45, 7) is 4.60. The van der Waals surface area contributed by atoms with Crippen LogP contribution < -0.4 is 5.32 Å². The maximum Gasteiger partial charge on any atom is 0.307 e. The minimum atomic E-state index is -3.48. The third-order valence-electron chi connectivity index (χ3n) is 5.26. The lowest BCUT2D eigenvalue weighted by Crippen LogP contribution is -2.35. The van der Waals surface area contributed by atoms with Crippen LogP contribution in [0.2, 0.25) is 0 Å². The summed E-state index contributed by atoms with van der Waals surface area (Å²) in [5, 5.41) is 2.90. The number of ether oxygens (including phenoxy) is 1. The van der Waals surface area contributed by atoms with Gasteiger partial charge in [0.15, 0.2) is 9.84 Å². The molecule has 2 aromatic rings. The number of aromatic nitrogens is 2. The molecule has 0 amide bonds. The van der Waals surface area contributed by atoms with E-state index in [4.69, 9.17) is 4.74 Å². The lowest BCUT2D eigenvalue weighted by Gasteiger charge is -2.31. The summed E-state index contributed by atoms with van der Waals surface area (Å²) in [7, 11) is -3.48. The second-order valence-corrected chi connectivity index (χ2v) is 9.55. The molecule has 1 N–H and O–H groups in total. The number of benzene rings is 1. The molecule has 0 saturated carbocycles. The zero-order chi connectivity index (χ0) is 22.4. The number of carbonyl (C=O) groups excluding carboxylic acids is 1. The highest BCUT2D eigenvalue weighted by Gasteiger charge is 2.22. The van der Waals surface area contributed by atoms with Gasteiger partial charge in [0.1, 0.15) is 18.0 Å². The van der Waals surface area contributed by atoms with Gasteiger partial charge >= 0.3 is 5.97 Å². The van der Waals surface area contributed by atoms with Crippen molar-refractivity contribution in [2.45, 2.75) is 37.0 Å². The summed E-state index contributed by atoms with van der Waals surface area (Å²) < 4.78 is 42.4. The smallest absolute Gasteiger partial charge is 0.307 e. The average molecular weight is 451 g/mol. The molecule has 0 bridgehead atoms. The first-order chi connectivity index (χ1) is 14.8. The Balaban J connectivity index is 1.59. The molecule has 1 aliphatic rings. The highest BCUT2D eigenvalue weighted by molar-refractivity contribution is 7.90. The molecular weight excluding hydrogens is 423 g/mol. The van der Waals surface area contributed by atoms with E-state index >= 15 is 0 Å². The van der Waals surface area contributed by atoms with Crippen LogP contribution in [0.3, 0.4) is 0 Å². The fraction of sp³-hybridized carbons (Fsp3) is 0.476. The van der Waals surface area contributed by atoms with Crippen LogP contribution in [0.1, 0.15) is 37.8 Å². The Hall–Kier alpha value is -2.59. The molecule has 0 unspecified atom stereocenters. The Morgan fingerprint density at radius 2 is 2.00 bits per heavy atom. The molecule has 0 spiro atoms. The van der Waals surface area contributed by atoms with E-state index in [1.807, 2.05) is 0 Å². The number of nitrogens with one attached hydrogen (secondary N) is 1. The van der Waals surface area contributed by atoms with E-state index in [1.54, 1.807) is 13.0 Å². The van der Waals surface area contributed by atoms with E-state index in [9.17, 15) is 17.6 Å². The van der Waals surface area contributed by atoms with Crippen LogP contribution in [0, 0.1) is 5.82 Å². The molecule has 10 heteroatoms. The van der Waals surface area contributed by atoms with Crippen LogP contribution in [0.5, 0.6) is 0 Å². The highest BCUT2D eigenvalue weighted by atomic mass is 32.2. The summed E-state index contributed by atoms with van der Waals surface area (Å²) in [5.74, 6) is -0.147. The van der Waals surface area contributed by atoms with Crippen LogP contribution in [-0.2, 0) is 19.4 Å². The number of rotatable bonds is 8. The van der Waals surface area contributed by atoms with E-state index in [0.717, 1.165) is 43.9 Å². The fourth-order valence-electron chi connectivity index (χ4n) is 3.56. The van der Waals surface area contributed by atoms with Gasteiger partial charge in [-0.1, -0.05) is 0 Å². The van der Waals surface area contributed by atoms with E-state index in [2.05, 4.69) is 20.2 Å². The normalized spacial score (nSPS) is 15.6. The Bertz CT molecular complexity index is 1020. The van der Waals surface area contributed by atoms with E-state index in [-0.39, 0.29) is 22.5 Å². The molecule has 1 saturated heterocycles. The molecule has 0 radical (unpaired) electrons. The SMILES string of the molecule is CCOC(=O)CCN1CCC(c2cc(Nc3ccc(S(C)(=O)=O)cc3F)ncn2)CC1. The topological polar surface area (TPSA) is 101 Å². The second kappa shape index (κ2) is 10.1. The predicted molar refractivity (Wildman–Crippen MR) is 114 cm³/mol. The van der Waals surface area contributed by atoms with Gasteiger partial charge in [-0.2, -0.15) is 0 Å². The van der Waals surface area contributed by atoms with Gasteiger partial charge in [-0.15, -0.1) is 0 Å². The van der Waals surface area contributed by atoms with Crippen LogP contribution in [0.4, 0.5) is 15.9 Å². The van der Waals surface area contributed by atoms with Crippen molar-refractivity contribution >= 4 is 27.3 Å². The fourth-order valence-corrected chi connectivity index (χ4v) is 4.20. The minimum absolute atomic E-state index is 0.0753. The number of anilines is 2. The first-order valence-corrected chi connectivity index (χ1v) is 12.1. The molecule has 3 rings (SSSR count). The van der Waals surface area contributed by atoms with Crippen LogP contribution in [0.25, 0.3) is 0 Å².